The van der Waals surface area contributed by atoms with Crippen LogP contribution >= 0.6 is 0 Å². The molecule has 0 fully saturated rings. The van der Waals surface area contributed by atoms with E-state index in [9.17, 15) is 0 Å². The maximum Gasteiger partial charge on any atom is 0.128 e. The number of pyridine rings is 1. The third kappa shape index (κ3) is 3.48. The zero-order valence-electron chi connectivity index (χ0n) is 10.6. The summed E-state index contributed by atoms with van der Waals surface area (Å²) in [5, 5.41) is 3.30. The van der Waals surface area contributed by atoms with E-state index in [0.717, 1.165) is 18.8 Å². The van der Waals surface area contributed by atoms with Gasteiger partial charge in [-0.1, -0.05) is 43.3 Å². The smallest absolute Gasteiger partial charge is 0.128 e. The third-order valence-corrected chi connectivity index (χ3v) is 3.02. The molecule has 1 aromatic carbocycles. The van der Waals surface area contributed by atoms with Crippen LogP contribution in [0.25, 0.3) is 0 Å². The van der Waals surface area contributed by atoms with Crippen molar-refractivity contribution in [1.82, 2.24) is 4.98 Å². The summed E-state index contributed by atoms with van der Waals surface area (Å²) in [7, 11) is 0. The molecule has 1 heterocycles. The van der Waals surface area contributed by atoms with E-state index in [1.54, 1.807) is 6.07 Å². The standard InChI is InChI=1S/C15H19N3/c1-12(13-6-3-2-4-7-13)10-11-17-15-9-5-8-14(16)18-15/h2-9,12H,10-11H2,1H3,(H3,16,17,18). The van der Waals surface area contributed by atoms with Crippen LogP contribution in [-0.2, 0) is 0 Å². The van der Waals surface area contributed by atoms with Gasteiger partial charge in [0.05, 0.1) is 0 Å². The highest BCUT2D eigenvalue weighted by Crippen LogP contribution is 2.18. The fourth-order valence-corrected chi connectivity index (χ4v) is 1.91. The molecule has 0 aliphatic heterocycles. The lowest BCUT2D eigenvalue weighted by atomic mass is 9.98. The fourth-order valence-electron chi connectivity index (χ4n) is 1.91. The van der Waals surface area contributed by atoms with Crippen LogP contribution in [0.1, 0.15) is 24.8 Å². The van der Waals surface area contributed by atoms with E-state index in [1.165, 1.54) is 5.56 Å². The van der Waals surface area contributed by atoms with E-state index in [-0.39, 0.29) is 0 Å². The van der Waals surface area contributed by atoms with Crippen LogP contribution in [0.2, 0.25) is 0 Å². The van der Waals surface area contributed by atoms with Crippen molar-refractivity contribution >= 4 is 11.6 Å². The number of hydrogen-bond donors (Lipinski definition) is 2. The lowest BCUT2D eigenvalue weighted by Gasteiger charge is -2.12. The molecule has 94 valence electrons. The zero-order valence-corrected chi connectivity index (χ0v) is 10.6. The Balaban J connectivity index is 1.82. The molecule has 0 aliphatic carbocycles. The van der Waals surface area contributed by atoms with Gasteiger partial charge in [-0.3, -0.25) is 0 Å². The molecule has 1 unspecified atom stereocenters. The number of nitrogens with two attached hydrogens (primary N) is 1. The van der Waals surface area contributed by atoms with Crippen molar-refractivity contribution in [1.29, 1.82) is 0 Å². The average Bonchev–Trinajstić information content (AvgIpc) is 2.40. The Morgan fingerprint density at radius 3 is 2.61 bits per heavy atom. The Labute approximate surface area is 108 Å². The normalized spacial score (nSPS) is 12.1. The molecule has 0 saturated heterocycles. The van der Waals surface area contributed by atoms with Crippen molar-refractivity contribution in [3.8, 4) is 0 Å². The summed E-state index contributed by atoms with van der Waals surface area (Å²) in [5.74, 6) is 1.94. The van der Waals surface area contributed by atoms with E-state index >= 15 is 0 Å². The fraction of sp³-hybridized carbons (Fsp3) is 0.267. The van der Waals surface area contributed by atoms with Crippen LogP contribution in [0, 0.1) is 0 Å². The van der Waals surface area contributed by atoms with Gasteiger partial charge >= 0.3 is 0 Å². The van der Waals surface area contributed by atoms with Gasteiger partial charge in [-0.2, -0.15) is 0 Å². The second-order valence-electron chi connectivity index (χ2n) is 4.47. The second-order valence-corrected chi connectivity index (χ2v) is 4.47. The first-order valence-electron chi connectivity index (χ1n) is 6.27. The van der Waals surface area contributed by atoms with Crippen LogP contribution < -0.4 is 11.1 Å². The first-order chi connectivity index (χ1) is 8.75. The lowest BCUT2D eigenvalue weighted by molar-refractivity contribution is 0.705. The summed E-state index contributed by atoms with van der Waals surface area (Å²) in [6, 6.07) is 16.2. The van der Waals surface area contributed by atoms with Crippen molar-refractivity contribution in [3.63, 3.8) is 0 Å². The van der Waals surface area contributed by atoms with Gasteiger partial charge in [0, 0.05) is 6.54 Å². The van der Waals surface area contributed by atoms with Crippen molar-refractivity contribution < 1.29 is 0 Å². The Morgan fingerprint density at radius 2 is 1.89 bits per heavy atom. The monoisotopic (exact) mass is 241 g/mol. The minimum atomic E-state index is 0.541. The van der Waals surface area contributed by atoms with Crippen molar-refractivity contribution in [2.24, 2.45) is 0 Å². The van der Waals surface area contributed by atoms with Gasteiger partial charge in [0.25, 0.3) is 0 Å². The number of nitrogens with zero attached hydrogens (tertiary/aromatic N) is 1. The molecule has 1 atom stereocenters. The molecule has 1 aromatic heterocycles. The molecule has 0 radical (unpaired) electrons. The highest BCUT2D eigenvalue weighted by Gasteiger charge is 2.04. The quantitative estimate of drug-likeness (QED) is 0.844. The molecule has 3 nitrogen and oxygen atoms in total. The molecule has 18 heavy (non-hydrogen) atoms. The predicted molar refractivity (Wildman–Crippen MR) is 76.6 cm³/mol. The summed E-state index contributed by atoms with van der Waals surface area (Å²) in [6.45, 7) is 3.14. The van der Waals surface area contributed by atoms with Gasteiger partial charge in [-0.05, 0) is 30.0 Å². The van der Waals surface area contributed by atoms with E-state index in [4.69, 9.17) is 5.73 Å². The average molecular weight is 241 g/mol. The number of aromatic nitrogens is 1. The van der Waals surface area contributed by atoms with E-state index in [2.05, 4.69) is 41.5 Å². The van der Waals surface area contributed by atoms with Crippen LogP contribution in [0.3, 0.4) is 0 Å². The summed E-state index contributed by atoms with van der Waals surface area (Å²) >= 11 is 0. The summed E-state index contributed by atoms with van der Waals surface area (Å²) in [6.07, 6.45) is 1.07. The van der Waals surface area contributed by atoms with Gasteiger partial charge in [0.2, 0.25) is 0 Å². The van der Waals surface area contributed by atoms with Crippen LogP contribution in [0.5, 0.6) is 0 Å². The molecule has 2 rings (SSSR count). The topological polar surface area (TPSA) is 50.9 Å². The molecular formula is C15H19N3. The third-order valence-electron chi connectivity index (χ3n) is 3.02. The number of nitrogen functional groups attached to an aromatic ring is 1. The molecule has 0 amide bonds. The summed E-state index contributed by atoms with van der Waals surface area (Å²) < 4.78 is 0. The van der Waals surface area contributed by atoms with E-state index in [1.807, 2.05) is 18.2 Å². The highest BCUT2D eigenvalue weighted by atomic mass is 15.0. The number of nitrogens with one attached hydrogen (secondary N) is 1. The van der Waals surface area contributed by atoms with Crippen molar-refractivity contribution in [3.05, 3.63) is 54.1 Å². The maximum atomic E-state index is 5.63. The first kappa shape index (κ1) is 12.4. The molecule has 0 saturated carbocycles. The Kier molecular flexibility index (Phi) is 4.18. The van der Waals surface area contributed by atoms with Crippen LogP contribution in [-0.4, -0.2) is 11.5 Å². The number of hydrogen-bond acceptors (Lipinski definition) is 3. The molecule has 2 aromatic rings. The minimum Gasteiger partial charge on any atom is -0.384 e. The van der Waals surface area contributed by atoms with Gasteiger partial charge in [0.15, 0.2) is 0 Å². The molecule has 3 heteroatoms. The molecule has 3 N–H and O–H groups in total. The van der Waals surface area contributed by atoms with Gasteiger partial charge in [-0.25, -0.2) is 4.98 Å². The maximum absolute atomic E-state index is 5.63. The molecule has 0 bridgehead atoms. The highest BCUT2D eigenvalue weighted by molar-refractivity contribution is 5.42. The second kappa shape index (κ2) is 6.05. The number of benzene rings is 1. The molecule has 0 spiro atoms. The zero-order chi connectivity index (χ0) is 12.8. The summed E-state index contributed by atoms with van der Waals surface area (Å²) in [5.41, 5.74) is 7.00. The van der Waals surface area contributed by atoms with Crippen molar-refractivity contribution in [2.45, 2.75) is 19.3 Å². The summed E-state index contributed by atoms with van der Waals surface area (Å²) in [4.78, 5) is 4.21. The first-order valence-corrected chi connectivity index (χ1v) is 6.27. The Hall–Kier alpha value is -2.03. The largest absolute Gasteiger partial charge is 0.384 e. The van der Waals surface area contributed by atoms with Gasteiger partial charge in [0.1, 0.15) is 11.6 Å². The number of anilines is 2. The van der Waals surface area contributed by atoms with Gasteiger partial charge < -0.3 is 11.1 Å². The lowest BCUT2D eigenvalue weighted by Crippen LogP contribution is -2.07. The van der Waals surface area contributed by atoms with Crippen LogP contribution in [0.4, 0.5) is 11.6 Å². The van der Waals surface area contributed by atoms with Gasteiger partial charge in [-0.15, -0.1) is 0 Å². The molecular weight excluding hydrogens is 222 g/mol. The van der Waals surface area contributed by atoms with Crippen molar-refractivity contribution in [2.75, 3.05) is 17.6 Å². The predicted octanol–water partition coefficient (Wildman–Crippen LogP) is 3.27. The van der Waals surface area contributed by atoms with Crippen LogP contribution in [0.15, 0.2) is 48.5 Å². The number of rotatable bonds is 5. The SMILES string of the molecule is CC(CCNc1cccc(N)n1)c1ccccc1. The van der Waals surface area contributed by atoms with E-state index < -0.39 is 0 Å². The molecule has 0 aliphatic rings. The Morgan fingerprint density at radius 1 is 1.11 bits per heavy atom. The van der Waals surface area contributed by atoms with E-state index in [0.29, 0.717) is 11.7 Å². The minimum absolute atomic E-state index is 0.541. The Bertz CT molecular complexity index is 482.